The third-order valence-electron chi connectivity index (χ3n) is 5.67. The lowest BCUT2D eigenvalue weighted by Crippen LogP contribution is -2.57. The van der Waals surface area contributed by atoms with Crippen LogP contribution in [0.5, 0.6) is 0 Å². The molecule has 26 heavy (non-hydrogen) atoms. The predicted octanol–water partition coefficient (Wildman–Crippen LogP) is 0.860. The number of carbonyl (C=O) groups is 2. The van der Waals surface area contributed by atoms with Gasteiger partial charge in [-0.2, -0.15) is 0 Å². The van der Waals surface area contributed by atoms with Gasteiger partial charge in [-0.25, -0.2) is 0 Å². The Balaban J connectivity index is 1.64. The summed E-state index contributed by atoms with van der Waals surface area (Å²) in [4.78, 5) is 29.2. The van der Waals surface area contributed by atoms with Gasteiger partial charge >= 0.3 is 0 Å². The van der Waals surface area contributed by atoms with E-state index in [2.05, 4.69) is 5.32 Å². The lowest BCUT2D eigenvalue weighted by molar-refractivity contribution is -0.140. The maximum Gasteiger partial charge on any atom is 0.253 e. The number of benzene rings is 1. The number of hydrogen-bond donors (Lipinski definition) is 2. The van der Waals surface area contributed by atoms with E-state index in [0.717, 1.165) is 50.0 Å². The van der Waals surface area contributed by atoms with Crippen molar-refractivity contribution in [1.29, 1.82) is 0 Å². The van der Waals surface area contributed by atoms with Gasteiger partial charge in [0.05, 0.1) is 0 Å². The van der Waals surface area contributed by atoms with Crippen LogP contribution in [0.2, 0.25) is 0 Å². The molecule has 2 aliphatic rings. The van der Waals surface area contributed by atoms with Crippen molar-refractivity contribution in [2.45, 2.75) is 31.7 Å². The first-order valence-electron chi connectivity index (χ1n) is 9.66. The fourth-order valence-electron chi connectivity index (χ4n) is 4.22. The average Bonchev–Trinajstić information content (AvgIpc) is 2.67. The first-order chi connectivity index (χ1) is 12.6. The van der Waals surface area contributed by atoms with Crippen LogP contribution in [-0.4, -0.2) is 67.4 Å². The minimum atomic E-state index is 0.0985. The van der Waals surface area contributed by atoms with E-state index in [0.29, 0.717) is 25.4 Å². The third-order valence-corrected chi connectivity index (χ3v) is 5.67. The summed E-state index contributed by atoms with van der Waals surface area (Å²) in [6.07, 6.45) is 3.19. The maximum atomic E-state index is 12.9. The SMILES string of the molecule is CNCCN1C(=O)CC[C@H]2CN(C(=O)c3ccc(CCN)cc3)CC[C@H]21. The molecule has 2 heterocycles. The molecule has 1 aromatic carbocycles. The van der Waals surface area contributed by atoms with Crippen LogP contribution in [0.4, 0.5) is 0 Å². The van der Waals surface area contributed by atoms with Crippen LogP contribution in [-0.2, 0) is 11.2 Å². The Kier molecular flexibility index (Phi) is 6.27. The molecule has 0 aromatic heterocycles. The van der Waals surface area contributed by atoms with Crippen LogP contribution in [0.15, 0.2) is 24.3 Å². The molecule has 0 spiro atoms. The van der Waals surface area contributed by atoms with E-state index < -0.39 is 0 Å². The van der Waals surface area contributed by atoms with E-state index >= 15 is 0 Å². The number of nitrogens with two attached hydrogens (primary N) is 1. The smallest absolute Gasteiger partial charge is 0.253 e. The first-order valence-corrected chi connectivity index (χ1v) is 9.66. The van der Waals surface area contributed by atoms with Crippen molar-refractivity contribution in [2.24, 2.45) is 11.7 Å². The second-order valence-electron chi connectivity index (χ2n) is 7.33. The predicted molar refractivity (Wildman–Crippen MR) is 102 cm³/mol. The summed E-state index contributed by atoms with van der Waals surface area (Å²) >= 11 is 0. The highest BCUT2D eigenvalue weighted by Crippen LogP contribution is 2.31. The number of rotatable bonds is 6. The summed E-state index contributed by atoms with van der Waals surface area (Å²) in [6.45, 7) is 3.65. The van der Waals surface area contributed by atoms with Crippen molar-refractivity contribution in [3.63, 3.8) is 0 Å². The molecule has 2 aliphatic heterocycles. The van der Waals surface area contributed by atoms with E-state index in [-0.39, 0.29) is 17.9 Å². The molecule has 0 bridgehead atoms. The first kappa shape index (κ1) is 18.9. The van der Waals surface area contributed by atoms with Gasteiger partial charge in [0.15, 0.2) is 0 Å². The number of likely N-dealkylation sites (N-methyl/N-ethyl adjacent to an activating group) is 1. The molecular formula is C20H30N4O2. The van der Waals surface area contributed by atoms with Gasteiger partial charge in [0.2, 0.25) is 5.91 Å². The molecule has 3 rings (SSSR count). The molecule has 2 saturated heterocycles. The summed E-state index contributed by atoms with van der Waals surface area (Å²) < 4.78 is 0. The minimum Gasteiger partial charge on any atom is -0.338 e. The lowest BCUT2D eigenvalue weighted by Gasteiger charge is -2.47. The monoisotopic (exact) mass is 358 g/mol. The second-order valence-corrected chi connectivity index (χ2v) is 7.33. The van der Waals surface area contributed by atoms with Crippen LogP contribution in [0, 0.1) is 5.92 Å². The second kappa shape index (κ2) is 8.64. The fraction of sp³-hybridized carbons (Fsp3) is 0.600. The van der Waals surface area contributed by atoms with Crippen molar-refractivity contribution in [1.82, 2.24) is 15.1 Å². The Hall–Kier alpha value is -1.92. The Morgan fingerprint density at radius 3 is 2.73 bits per heavy atom. The van der Waals surface area contributed by atoms with Crippen LogP contribution in [0.25, 0.3) is 0 Å². The molecule has 142 valence electrons. The zero-order chi connectivity index (χ0) is 18.5. The Labute approximate surface area is 155 Å². The fourth-order valence-corrected chi connectivity index (χ4v) is 4.22. The van der Waals surface area contributed by atoms with E-state index in [1.807, 2.05) is 41.1 Å². The van der Waals surface area contributed by atoms with Crippen LogP contribution < -0.4 is 11.1 Å². The molecule has 6 nitrogen and oxygen atoms in total. The number of fused-ring (bicyclic) bond motifs is 1. The van der Waals surface area contributed by atoms with Crippen LogP contribution in [0.3, 0.4) is 0 Å². The van der Waals surface area contributed by atoms with E-state index in [1.165, 1.54) is 0 Å². The molecule has 0 saturated carbocycles. The van der Waals surface area contributed by atoms with Crippen molar-refractivity contribution >= 4 is 11.8 Å². The minimum absolute atomic E-state index is 0.0985. The quantitative estimate of drug-likeness (QED) is 0.791. The van der Waals surface area contributed by atoms with Gasteiger partial charge in [0.25, 0.3) is 5.91 Å². The van der Waals surface area contributed by atoms with E-state index in [9.17, 15) is 9.59 Å². The highest BCUT2D eigenvalue weighted by Gasteiger charge is 2.40. The highest BCUT2D eigenvalue weighted by atomic mass is 16.2. The van der Waals surface area contributed by atoms with Crippen molar-refractivity contribution in [2.75, 3.05) is 39.8 Å². The zero-order valence-corrected chi connectivity index (χ0v) is 15.6. The molecule has 1 aromatic rings. The normalized spacial score (nSPS) is 23.1. The number of carbonyl (C=O) groups excluding carboxylic acids is 2. The van der Waals surface area contributed by atoms with Crippen LogP contribution >= 0.6 is 0 Å². The molecule has 6 heteroatoms. The molecule has 2 fully saturated rings. The Bertz CT molecular complexity index is 631. The number of amides is 2. The zero-order valence-electron chi connectivity index (χ0n) is 15.6. The van der Waals surface area contributed by atoms with E-state index in [1.54, 1.807) is 0 Å². The summed E-state index contributed by atoms with van der Waals surface area (Å²) in [5.41, 5.74) is 7.48. The standard InChI is InChI=1S/C20H30N4O2/c1-22-11-13-24-18-9-12-23(14-17(18)6-7-19(24)25)20(26)16-4-2-15(3-5-16)8-10-21/h2-5,17-18,22H,6-14,21H2,1H3/t17-,18+/m0/s1. The van der Waals surface area contributed by atoms with Gasteiger partial charge < -0.3 is 20.9 Å². The molecule has 3 N–H and O–H groups in total. The molecule has 0 unspecified atom stereocenters. The highest BCUT2D eigenvalue weighted by molar-refractivity contribution is 5.94. The number of nitrogens with zero attached hydrogens (tertiary/aromatic N) is 2. The molecular weight excluding hydrogens is 328 g/mol. The van der Waals surface area contributed by atoms with Crippen molar-refractivity contribution in [3.05, 3.63) is 35.4 Å². The maximum absolute atomic E-state index is 12.9. The van der Waals surface area contributed by atoms with E-state index in [4.69, 9.17) is 5.73 Å². The number of hydrogen-bond acceptors (Lipinski definition) is 4. The molecule has 2 amide bonds. The number of likely N-dealkylation sites (tertiary alicyclic amines) is 2. The third kappa shape index (κ3) is 4.07. The van der Waals surface area contributed by atoms with Gasteiger partial charge in [0.1, 0.15) is 0 Å². The van der Waals surface area contributed by atoms with Gasteiger partial charge in [-0.05, 0) is 56.5 Å². The van der Waals surface area contributed by atoms with Crippen LogP contribution in [0.1, 0.15) is 35.2 Å². The summed E-state index contributed by atoms with van der Waals surface area (Å²) in [5, 5.41) is 3.13. The van der Waals surface area contributed by atoms with Gasteiger partial charge in [-0.1, -0.05) is 12.1 Å². The number of nitrogens with one attached hydrogen (secondary N) is 1. The molecule has 0 radical (unpaired) electrons. The largest absolute Gasteiger partial charge is 0.338 e. The lowest BCUT2D eigenvalue weighted by atomic mass is 9.83. The summed E-state index contributed by atoms with van der Waals surface area (Å²) in [7, 11) is 1.91. The van der Waals surface area contributed by atoms with Gasteiger partial charge in [0, 0.05) is 44.2 Å². The van der Waals surface area contributed by atoms with Crippen molar-refractivity contribution < 1.29 is 9.59 Å². The average molecular weight is 358 g/mol. The van der Waals surface area contributed by atoms with Crippen molar-refractivity contribution in [3.8, 4) is 0 Å². The van der Waals surface area contributed by atoms with Gasteiger partial charge in [-0.3, -0.25) is 9.59 Å². The Morgan fingerprint density at radius 2 is 2.04 bits per heavy atom. The molecule has 0 aliphatic carbocycles. The Morgan fingerprint density at radius 1 is 1.27 bits per heavy atom. The summed E-state index contributed by atoms with van der Waals surface area (Å²) in [6, 6.07) is 8.07. The molecule has 2 atom stereocenters. The summed E-state index contributed by atoms with van der Waals surface area (Å²) in [5.74, 6) is 0.747. The topological polar surface area (TPSA) is 78.7 Å². The van der Waals surface area contributed by atoms with Gasteiger partial charge in [-0.15, -0.1) is 0 Å². The number of piperidine rings is 2.